The first-order valence-corrected chi connectivity index (χ1v) is 4.91. The Labute approximate surface area is 138 Å². The Bertz CT molecular complexity index is 211. The van der Waals surface area contributed by atoms with E-state index >= 15 is 0 Å². The summed E-state index contributed by atoms with van der Waals surface area (Å²) >= 11 is 0. The van der Waals surface area contributed by atoms with Crippen molar-refractivity contribution in [2.24, 2.45) is 0 Å². The van der Waals surface area contributed by atoms with E-state index in [2.05, 4.69) is 6.58 Å². The van der Waals surface area contributed by atoms with Gasteiger partial charge >= 0.3 is 58.4 Å². The Balaban J connectivity index is 0. The van der Waals surface area contributed by atoms with Gasteiger partial charge in [0.05, 0.1) is 12.7 Å². The molecule has 0 unspecified atom stereocenters. The summed E-state index contributed by atoms with van der Waals surface area (Å²) in [5.41, 5.74) is -0.665. The summed E-state index contributed by atoms with van der Waals surface area (Å²) in [6.45, 7) is 2.66. The maximum absolute atomic E-state index is 12.2. The van der Waals surface area contributed by atoms with Gasteiger partial charge < -0.3 is 22.6 Å². The second kappa shape index (κ2) is 9.13. The summed E-state index contributed by atoms with van der Waals surface area (Å²) in [6, 6.07) is 0. The molecule has 0 spiro atoms. The van der Waals surface area contributed by atoms with E-state index in [0.29, 0.717) is 13.2 Å². The van der Waals surface area contributed by atoms with Gasteiger partial charge in [-0.05, 0) is 27.4 Å². The van der Waals surface area contributed by atoms with Gasteiger partial charge in [0.15, 0.2) is 0 Å². The Hall–Kier alpha value is 1.15. The van der Waals surface area contributed by atoms with E-state index in [-0.39, 0.29) is 64.0 Å². The van der Waals surface area contributed by atoms with Crippen LogP contribution >= 0.6 is 0 Å². The number of nitrogens with zero attached hydrogens (tertiary/aromatic N) is 1. The van der Waals surface area contributed by atoms with Crippen molar-refractivity contribution in [3.63, 3.8) is 0 Å². The third-order valence-corrected chi connectivity index (χ3v) is 1.86. The first-order chi connectivity index (χ1) is 6.73. The van der Waals surface area contributed by atoms with Crippen LogP contribution in [-0.2, 0) is 4.74 Å². The average Bonchev–Trinajstić information content (AvgIpc) is 2.01. The fraction of sp³-hybridized carbons (Fsp3) is 0.778. The molecule has 2 nitrogen and oxygen atoms in total. The molecular formula is C9H18BF3KNO. The van der Waals surface area contributed by atoms with Gasteiger partial charge in [0.2, 0.25) is 0 Å². The molecule has 0 rings (SSSR count). The van der Waals surface area contributed by atoms with E-state index in [1.54, 1.807) is 11.9 Å². The molecule has 0 aromatic rings. The van der Waals surface area contributed by atoms with Crippen molar-refractivity contribution in [3.8, 4) is 0 Å². The van der Waals surface area contributed by atoms with Gasteiger partial charge in [-0.3, -0.25) is 0 Å². The number of halogens is 3. The SMILES string of the molecule is C=C(CN(C)CCOC(C)C)[B-](F)(F)F.[K+]. The fourth-order valence-corrected chi connectivity index (χ4v) is 0.974. The van der Waals surface area contributed by atoms with Gasteiger partial charge in [-0.2, -0.15) is 0 Å². The van der Waals surface area contributed by atoms with E-state index in [4.69, 9.17) is 4.74 Å². The third kappa shape index (κ3) is 10.3. The molecule has 0 aromatic heterocycles. The largest absolute Gasteiger partial charge is 1.00 e. The van der Waals surface area contributed by atoms with Crippen molar-refractivity contribution < 1.29 is 69.1 Å². The molecular weight excluding hydrogens is 245 g/mol. The molecule has 0 aliphatic rings. The molecule has 0 aliphatic heterocycles. The number of rotatable bonds is 7. The summed E-state index contributed by atoms with van der Waals surface area (Å²) in [6.07, 6.45) is 0.105. The van der Waals surface area contributed by atoms with Gasteiger partial charge in [0, 0.05) is 6.54 Å². The van der Waals surface area contributed by atoms with Crippen molar-refractivity contribution in [2.75, 3.05) is 26.7 Å². The summed E-state index contributed by atoms with van der Waals surface area (Å²) in [5, 5.41) is 0. The van der Waals surface area contributed by atoms with Crippen molar-refractivity contribution >= 4 is 6.98 Å². The van der Waals surface area contributed by atoms with Gasteiger partial charge in [-0.1, -0.05) is 0 Å². The summed E-state index contributed by atoms with van der Waals surface area (Å²) in [7, 11) is 1.62. The molecule has 90 valence electrons. The Kier molecular flexibility index (Phi) is 11.1. The molecule has 0 N–H and O–H groups in total. The van der Waals surface area contributed by atoms with Crippen LogP contribution in [0.3, 0.4) is 0 Å². The zero-order valence-electron chi connectivity index (χ0n) is 10.5. The standard InChI is InChI=1S/C9H18BF3NO.K/c1-8(2)15-6-5-14(4)7-9(3)10(11,12)13;/h8H,3,5-7H2,1-2,4H3;/q-1;+1. The molecule has 7 heteroatoms. The Morgan fingerprint density at radius 1 is 1.38 bits per heavy atom. The van der Waals surface area contributed by atoms with E-state index in [1.165, 1.54) is 0 Å². The average molecular weight is 263 g/mol. The molecule has 0 saturated carbocycles. The maximum atomic E-state index is 12.2. The van der Waals surface area contributed by atoms with Crippen LogP contribution in [0.1, 0.15) is 13.8 Å². The Morgan fingerprint density at radius 2 is 1.88 bits per heavy atom. The van der Waals surface area contributed by atoms with Crippen molar-refractivity contribution in [1.82, 2.24) is 4.90 Å². The summed E-state index contributed by atoms with van der Waals surface area (Å²) in [4.78, 5) is 1.56. The van der Waals surface area contributed by atoms with Crippen LogP contribution in [0.2, 0.25) is 0 Å². The fourth-order valence-electron chi connectivity index (χ4n) is 0.974. The quantitative estimate of drug-likeness (QED) is 0.563. The van der Waals surface area contributed by atoms with E-state index < -0.39 is 12.4 Å². The topological polar surface area (TPSA) is 12.5 Å². The predicted molar refractivity (Wildman–Crippen MR) is 56.8 cm³/mol. The van der Waals surface area contributed by atoms with Crippen LogP contribution in [-0.4, -0.2) is 44.7 Å². The van der Waals surface area contributed by atoms with Gasteiger partial charge in [-0.25, -0.2) is 0 Å². The molecule has 0 radical (unpaired) electrons. The minimum absolute atomic E-state index is 0. The second-order valence-electron chi connectivity index (χ2n) is 3.89. The monoisotopic (exact) mass is 263 g/mol. The molecule has 0 saturated heterocycles. The van der Waals surface area contributed by atoms with Crippen LogP contribution in [0.15, 0.2) is 12.1 Å². The van der Waals surface area contributed by atoms with Crippen molar-refractivity contribution in [3.05, 3.63) is 12.1 Å². The molecule has 0 heterocycles. The normalized spacial score (nSPS) is 11.8. The van der Waals surface area contributed by atoms with Crippen LogP contribution in [0.5, 0.6) is 0 Å². The van der Waals surface area contributed by atoms with Crippen LogP contribution < -0.4 is 51.4 Å². The zero-order chi connectivity index (χ0) is 12.1. The molecule has 0 bridgehead atoms. The smallest absolute Gasteiger partial charge is 0.445 e. The van der Waals surface area contributed by atoms with Crippen molar-refractivity contribution in [2.45, 2.75) is 20.0 Å². The van der Waals surface area contributed by atoms with Crippen LogP contribution in [0.25, 0.3) is 0 Å². The molecule has 0 fully saturated rings. The minimum Gasteiger partial charge on any atom is -0.445 e. The van der Waals surface area contributed by atoms with Crippen molar-refractivity contribution in [1.29, 1.82) is 0 Å². The third-order valence-electron chi connectivity index (χ3n) is 1.86. The molecule has 0 aromatic carbocycles. The minimum atomic E-state index is -4.91. The maximum Gasteiger partial charge on any atom is 1.00 e. The summed E-state index contributed by atoms with van der Waals surface area (Å²) in [5.74, 6) is 0. The second-order valence-corrected chi connectivity index (χ2v) is 3.89. The van der Waals surface area contributed by atoms with E-state index in [0.717, 1.165) is 0 Å². The van der Waals surface area contributed by atoms with Crippen LogP contribution in [0.4, 0.5) is 12.9 Å². The molecule has 0 amide bonds. The van der Waals surface area contributed by atoms with Gasteiger partial charge in [0.25, 0.3) is 0 Å². The van der Waals surface area contributed by atoms with Crippen LogP contribution in [0, 0.1) is 0 Å². The predicted octanol–water partition coefficient (Wildman–Crippen LogP) is -0.710. The van der Waals surface area contributed by atoms with E-state index in [9.17, 15) is 12.9 Å². The van der Waals surface area contributed by atoms with Gasteiger partial charge in [-0.15, -0.1) is 12.1 Å². The molecule has 0 aliphatic carbocycles. The first kappa shape index (κ1) is 19.5. The Morgan fingerprint density at radius 3 is 2.25 bits per heavy atom. The number of likely N-dealkylation sites (N-methyl/N-ethyl adjacent to an activating group) is 1. The number of hydrogen-bond donors (Lipinski definition) is 0. The summed E-state index contributed by atoms with van der Waals surface area (Å²) < 4.78 is 41.7. The number of ether oxygens (including phenoxy) is 1. The molecule has 0 atom stereocenters. The van der Waals surface area contributed by atoms with Gasteiger partial charge in [0.1, 0.15) is 0 Å². The first-order valence-electron chi connectivity index (χ1n) is 4.91. The van der Waals surface area contributed by atoms with E-state index in [1.807, 2.05) is 13.8 Å². The number of hydrogen-bond acceptors (Lipinski definition) is 2. The zero-order valence-corrected chi connectivity index (χ0v) is 13.6. The molecule has 16 heavy (non-hydrogen) atoms.